The third-order valence-corrected chi connectivity index (χ3v) is 4.40. The molecule has 2 rings (SSSR count). The van der Waals surface area contributed by atoms with Crippen molar-refractivity contribution in [3.05, 3.63) is 22.8 Å². The smallest absolute Gasteiger partial charge is 0.130 e. The molecule has 0 aromatic carbocycles. The molecule has 0 atom stereocenters. The Kier molecular flexibility index (Phi) is 6.12. The number of aromatic nitrogens is 2. The number of nitrogens with zero attached hydrogens (tertiary/aromatic N) is 3. The van der Waals surface area contributed by atoms with E-state index in [1.807, 2.05) is 0 Å². The largest absolute Gasteiger partial charge is 0.314 e. The Morgan fingerprint density at radius 1 is 1.05 bits per heavy atom. The molecule has 0 aliphatic heterocycles. The first-order valence-electron chi connectivity index (χ1n) is 8.42. The first-order chi connectivity index (χ1) is 10.1. The van der Waals surface area contributed by atoms with E-state index in [4.69, 9.17) is 9.97 Å². The summed E-state index contributed by atoms with van der Waals surface area (Å²) in [5, 5.41) is 3.57. The number of hydrogen-bond acceptors (Lipinski definition) is 4. The van der Waals surface area contributed by atoms with E-state index in [-0.39, 0.29) is 0 Å². The van der Waals surface area contributed by atoms with E-state index in [0.717, 1.165) is 62.3 Å². The Hall–Kier alpha value is -1.00. The second kappa shape index (κ2) is 7.85. The molecule has 0 radical (unpaired) electrons. The molecule has 4 heteroatoms. The van der Waals surface area contributed by atoms with Gasteiger partial charge in [0, 0.05) is 30.4 Å². The highest BCUT2D eigenvalue weighted by atomic mass is 15.1. The van der Waals surface area contributed by atoms with Gasteiger partial charge in [-0.15, -0.1) is 0 Å². The third kappa shape index (κ3) is 5.04. The van der Waals surface area contributed by atoms with Crippen molar-refractivity contribution in [1.29, 1.82) is 0 Å². The SMILES string of the molecule is CCN(CC)CCc1nc(C)c(CCNC2CC2)c(C)n1. The predicted octanol–water partition coefficient (Wildman–Crippen LogP) is 2.27. The molecular formula is C17H30N4. The van der Waals surface area contributed by atoms with Crippen LogP contribution < -0.4 is 5.32 Å². The zero-order valence-corrected chi connectivity index (χ0v) is 14.1. The molecule has 1 saturated carbocycles. The monoisotopic (exact) mass is 290 g/mol. The molecule has 0 saturated heterocycles. The molecule has 0 amide bonds. The van der Waals surface area contributed by atoms with E-state index in [0.29, 0.717) is 0 Å². The van der Waals surface area contributed by atoms with E-state index < -0.39 is 0 Å². The summed E-state index contributed by atoms with van der Waals surface area (Å²) in [5.41, 5.74) is 3.65. The van der Waals surface area contributed by atoms with Crippen LogP contribution in [0.4, 0.5) is 0 Å². The second-order valence-corrected chi connectivity index (χ2v) is 6.04. The first kappa shape index (κ1) is 16.4. The summed E-state index contributed by atoms with van der Waals surface area (Å²) >= 11 is 0. The summed E-state index contributed by atoms with van der Waals surface area (Å²) in [6, 6.07) is 0.778. The summed E-state index contributed by atoms with van der Waals surface area (Å²) in [7, 11) is 0. The average Bonchev–Trinajstić information content (AvgIpc) is 3.27. The van der Waals surface area contributed by atoms with Crippen LogP contribution in [0.5, 0.6) is 0 Å². The summed E-state index contributed by atoms with van der Waals surface area (Å²) in [5.74, 6) is 0.996. The van der Waals surface area contributed by atoms with Crippen molar-refractivity contribution in [2.45, 2.75) is 59.4 Å². The van der Waals surface area contributed by atoms with E-state index in [9.17, 15) is 0 Å². The van der Waals surface area contributed by atoms with Gasteiger partial charge in [0.25, 0.3) is 0 Å². The van der Waals surface area contributed by atoms with Crippen molar-refractivity contribution < 1.29 is 0 Å². The van der Waals surface area contributed by atoms with Gasteiger partial charge in [-0.25, -0.2) is 9.97 Å². The van der Waals surface area contributed by atoms with E-state index in [1.165, 1.54) is 18.4 Å². The molecule has 1 aliphatic carbocycles. The van der Waals surface area contributed by atoms with Gasteiger partial charge >= 0.3 is 0 Å². The number of likely N-dealkylation sites (N-methyl/N-ethyl adjacent to an activating group) is 1. The van der Waals surface area contributed by atoms with Crippen LogP contribution in [-0.2, 0) is 12.8 Å². The number of nitrogens with one attached hydrogen (secondary N) is 1. The Labute approximate surface area is 129 Å². The lowest BCUT2D eigenvalue weighted by atomic mass is 10.1. The predicted molar refractivity (Wildman–Crippen MR) is 87.7 cm³/mol. The zero-order valence-electron chi connectivity index (χ0n) is 14.1. The molecule has 1 N–H and O–H groups in total. The van der Waals surface area contributed by atoms with Gasteiger partial charge in [-0.1, -0.05) is 13.8 Å². The number of hydrogen-bond donors (Lipinski definition) is 1. The minimum atomic E-state index is 0.778. The molecule has 0 unspecified atom stereocenters. The van der Waals surface area contributed by atoms with Crippen LogP contribution in [-0.4, -0.2) is 47.1 Å². The minimum absolute atomic E-state index is 0.778. The maximum Gasteiger partial charge on any atom is 0.130 e. The highest BCUT2D eigenvalue weighted by Gasteiger charge is 2.20. The third-order valence-electron chi connectivity index (χ3n) is 4.40. The van der Waals surface area contributed by atoms with Gasteiger partial charge in [-0.05, 0) is 58.3 Å². The highest BCUT2D eigenvalue weighted by molar-refractivity contribution is 5.24. The van der Waals surface area contributed by atoms with Crippen molar-refractivity contribution >= 4 is 0 Å². The van der Waals surface area contributed by atoms with Gasteiger partial charge in [-0.3, -0.25) is 0 Å². The fraction of sp³-hybridized carbons (Fsp3) is 0.765. The molecule has 1 heterocycles. The fourth-order valence-corrected chi connectivity index (χ4v) is 2.77. The van der Waals surface area contributed by atoms with Gasteiger partial charge in [0.2, 0.25) is 0 Å². The van der Waals surface area contributed by atoms with Gasteiger partial charge in [0.05, 0.1) is 0 Å². The van der Waals surface area contributed by atoms with Crippen molar-refractivity contribution in [3.63, 3.8) is 0 Å². The summed E-state index contributed by atoms with van der Waals surface area (Å²) in [4.78, 5) is 11.9. The Balaban J connectivity index is 1.91. The van der Waals surface area contributed by atoms with Crippen LogP contribution in [0.25, 0.3) is 0 Å². The molecule has 0 bridgehead atoms. The van der Waals surface area contributed by atoms with Crippen LogP contribution in [0.1, 0.15) is 49.5 Å². The van der Waals surface area contributed by atoms with Gasteiger partial charge < -0.3 is 10.2 Å². The number of aryl methyl sites for hydroxylation is 2. The van der Waals surface area contributed by atoms with Crippen LogP contribution in [0, 0.1) is 13.8 Å². The Morgan fingerprint density at radius 2 is 1.67 bits per heavy atom. The Bertz CT molecular complexity index is 427. The fourth-order valence-electron chi connectivity index (χ4n) is 2.77. The van der Waals surface area contributed by atoms with Crippen molar-refractivity contribution in [3.8, 4) is 0 Å². The molecule has 1 aromatic rings. The van der Waals surface area contributed by atoms with Crippen molar-refractivity contribution in [1.82, 2.24) is 20.2 Å². The lowest BCUT2D eigenvalue weighted by Crippen LogP contribution is -2.26. The second-order valence-electron chi connectivity index (χ2n) is 6.04. The molecule has 1 aliphatic rings. The molecule has 1 fully saturated rings. The molecule has 21 heavy (non-hydrogen) atoms. The van der Waals surface area contributed by atoms with Crippen LogP contribution in [0.15, 0.2) is 0 Å². The van der Waals surface area contributed by atoms with Crippen LogP contribution in [0.2, 0.25) is 0 Å². The topological polar surface area (TPSA) is 41.1 Å². The van der Waals surface area contributed by atoms with Gasteiger partial charge in [0.1, 0.15) is 5.82 Å². The highest BCUT2D eigenvalue weighted by Crippen LogP contribution is 2.19. The molecular weight excluding hydrogens is 260 g/mol. The maximum absolute atomic E-state index is 4.72. The normalized spacial score (nSPS) is 14.9. The van der Waals surface area contributed by atoms with Gasteiger partial charge in [-0.2, -0.15) is 0 Å². The van der Waals surface area contributed by atoms with Crippen LogP contribution in [0.3, 0.4) is 0 Å². The lowest BCUT2D eigenvalue weighted by molar-refractivity contribution is 0.305. The molecule has 118 valence electrons. The minimum Gasteiger partial charge on any atom is -0.314 e. The maximum atomic E-state index is 4.72. The van der Waals surface area contributed by atoms with E-state index >= 15 is 0 Å². The molecule has 1 aromatic heterocycles. The zero-order chi connectivity index (χ0) is 15.2. The summed E-state index contributed by atoms with van der Waals surface area (Å²) in [6.07, 6.45) is 4.69. The van der Waals surface area contributed by atoms with Crippen molar-refractivity contribution in [2.75, 3.05) is 26.2 Å². The quantitative estimate of drug-likeness (QED) is 0.757. The lowest BCUT2D eigenvalue weighted by Gasteiger charge is -2.18. The Morgan fingerprint density at radius 3 is 2.19 bits per heavy atom. The average molecular weight is 290 g/mol. The van der Waals surface area contributed by atoms with E-state index in [1.54, 1.807) is 0 Å². The van der Waals surface area contributed by atoms with Crippen LogP contribution >= 0.6 is 0 Å². The summed E-state index contributed by atoms with van der Waals surface area (Å²) in [6.45, 7) is 13.0. The first-order valence-corrected chi connectivity index (χ1v) is 8.42. The molecule has 4 nitrogen and oxygen atoms in total. The van der Waals surface area contributed by atoms with Gasteiger partial charge in [0.15, 0.2) is 0 Å². The van der Waals surface area contributed by atoms with Crippen molar-refractivity contribution in [2.24, 2.45) is 0 Å². The molecule has 0 spiro atoms. The number of rotatable bonds is 9. The van der Waals surface area contributed by atoms with E-state index in [2.05, 4.69) is 37.9 Å². The standard InChI is InChI=1S/C17H30N4/c1-5-21(6-2)12-10-17-19-13(3)16(14(4)20-17)9-11-18-15-7-8-15/h15,18H,5-12H2,1-4H3. The summed E-state index contributed by atoms with van der Waals surface area (Å²) < 4.78 is 0.